The molecule has 2 N–H and O–H groups in total. The Bertz CT molecular complexity index is 769. The fourth-order valence-electron chi connectivity index (χ4n) is 2.07. The minimum Gasteiger partial charge on any atom is -0.497 e. The number of rotatable bonds is 7. The summed E-state index contributed by atoms with van der Waals surface area (Å²) in [5, 5.41) is 17.4. The minimum absolute atomic E-state index is 0.0179. The molecule has 0 spiro atoms. The molecule has 0 unspecified atom stereocenters. The maximum absolute atomic E-state index is 11.2. The number of thioether (sulfide) groups is 1. The van der Waals surface area contributed by atoms with Gasteiger partial charge in [-0.1, -0.05) is 13.0 Å². The maximum Gasteiger partial charge on any atom is 0.292 e. The van der Waals surface area contributed by atoms with Crippen molar-refractivity contribution in [2.75, 3.05) is 23.5 Å². The highest BCUT2D eigenvalue weighted by atomic mass is 32.2. The zero-order valence-corrected chi connectivity index (χ0v) is 15.6. The molecule has 0 fully saturated rings. The van der Waals surface area contributed by atoms with Gasteiger partial charge in [-0.3, -0.25) is 10.1 Å². The van der Waals surface area contributed by atoms with Crippen LogP contribution in [0.1, 0.15) is 13.3 Å². The van der Waals surface area contributed by atoms with E-state index in [4.69, 9.17) is 17.0 Å². The normalized spacial score (nSPS) is 10.2. The van der Waals surface area contributed by atoms with Crippen molar-refractivity contribution in [3.8, 4) is 5.75 Å². The number of benzene rings is 2. The first-order valence-corrected chi connectivity index (χ1v) is 9.06. The van der Waals surface area contributed by atoms with E-state index in [9.17, 15) is 10.1 Å². The summed E-state index contributed by atoms with van der Waals surface area (Å²) in [4.78, 5) is 11.8. The third kappa shape index (κ3) is 5.61. The number of nitro groups is 1. The van der Waals surface area contributed by atoms with Gasteiger partial charge in [-0.15, -0.1) is 11.8 Å². The van der Waals surface area contributed by atoms with Crippen molar-refractivity contribution < 1.29 is 9.66 Å². The maximum atomic E-state index is 11.2. The molecule has 0 aliphatic rings. The highest BCUT2D eigenvalue weighted by Crippen LogP contribution is 2.30. The molecule has 0 saturated heterocycles. The average molecular weight is 377 g/mol. The van der Waals surface area contributed by atoms with Crippen LogP contribution in [0.15, 0.2) is 47.4 Å². The SMILES string of the molecule is CCCSc1ccc([N+](=O)[O-])c(NC(=S)Nc2cccc(OC)c2)c1. The fourth-order valence-corrected chi connectivity index (χ4v) is 3.10. The summed E-state index contributed by atoms with van der Waals surface area (Å²) >= 11 is 6.93. The van der Waals surface area contributed by atoms with E-state index >= 15 is 0 Å². The van der Waals surface area contributed by atoms with Crippen LogP contribution >= 0.6 is 24.0 Å². The molecule has 0 bridgehead atoms. The number of anilines is 2. The van der Waals surface area contributed by atoms with Crippen LogP contribution < -0.4 is 15.4 Å². The fraction of sp³-hybridized carbons (Fsp3) is 0.235. The third-order valence-corrected chi connectivity index (χ3v) is 4.62. The number of nitrogens with one attached hydrogen (secondary N) is 2. The lowest BCUT2D eigenvalue weighted by Crippen LogP contribution is -2.19. The van der Waals surface area contributed by atoms with E-state index in [0.717, 1.165) is 22.8 Å². The molecule has 0 atom stereocenters. The Balaban J connectivity index is 2.15. The summed E-state index contributed by atoms with van der Waals surface area (Å²) < 4.78 is 5.16. The Hall–Kier alpha value is -2.32. The van der Waals surface area contributed by atoms with Crippen LogP contribution in [0.5, 0.6) is 5.75 Å². The van der Waals surface area contributed by atoms with Crippen LogP contribution in [-0.4, -0.2) is 22.9 Å². The number of nitrogens with zero attached hydrogens (tertiary/aromatic N) is 1. The molecule has 2 aromatic carbocycles. The first-order valence-electron chi connectivity index (χ1n) is 7.66. The Morgan fingerprint density at radius 2 is 2.08 bits per heavy atom. The molecule has 25 heavy (non-hydrogen) atoms. The second-order valence-electron chi connectivity index (χ2n) is 5.10. The number of thiocarbonyl (C=S) groups is 1. The number of ether oxygens (including phenoxy) is 1. The van der Waals surface area contributed by atoms with Crippen molar-refractivity contribution in [2.24, 2.45) is 0 Å². The van der Waals surface area contributed by atoms with Crippen LogP contribution in [0, 0.1) is 10.1 Å². The largest absolute Gasteiger partial charge is 0.497 e. The lowest BCUT2D eigenvalue weighted by Gasteiger charge is -2.12. The van der Waals surface area contributed by atoms with Gasteiger partial charge in [0.25, 0.3) is 5.69 Å². The van der Waals surface area contributed by atoms with Gasteiger partial charge in [-0.25, -0.2) is 0 Å². The van der Waals surface area contributed by atoms with E-state index in [1.54, 1.807) is 37.1 Å². The molecule has 6 nitrogen and oxygen atoms in total. The first kappa shape index (κ1) is 19.0. The lowest BCUT2D eigenvalue weighted by molar-refractivity contribution is -0.383. The molecule has 132 valence electrons. The zero-order chi connectivity index (χ0) is 18.2. The van der Waals surface area contributed by atoms with Gasteiger partial charge in [0.05, 0.1) is 12.0 Å². The third-order valence-electron chi connectivity index (χ3n) is 3.21. The predicted octanol–water partition coefficient (Wildman–Crippen LogP) is 4.91. The Kier molecular flexibility index (Phi) is 7.03. The molecule has 0 amide bonds. The van der Waals surface area contributed by atoms with Crippen molar-refractivity contribution in [1.82, 2.24) is 0 Å². The number of hydrogen-bond acceptors (Lipinski definition) is 5. The van der Waals surface area contributed by atoms with Crippen LogP contribution in [0.2, 0.25) is 0 Å². The zero-order valence-electron chi connectivity index (χ0n) is 13.9. The lowest BCUT2D eigenvalue weighted by atomic mass is 10.2. The Labute approximate surface area is 156 Å². The van der Waals surface area contributed by atoms with Crippen molar-refractivity contribution >= 4 is 46.2 Å². The Morgan fingerprint density at radius 1 is 1.28 bits per heavy atom. The molecular formula is C17H19N3O3S2. The molecule has 0 aromatic heterocycles. The van der Waals surface area contributed by atoms with Gasteiger partial charge in [-0.05, 0) is 48.7 Å². The summed E-state index contributed by atoms with van der Waals surface area (Å²) in [7, 11) is 1.58. The van der Waals surface area contributed by atoms with Crippen molar-refractivity contribution in [3.63, 3.8) is 0 Å². The molecule has 0 saturated carbocycles. The van der Waals surface area contributed by atoms with Crippen molar-refractivity contribution in [2.45, 2.75) is 18.2 Å². The topological polar surface area (TPSA) is 76.4 Å². The molecule has 8 heteroatoms. The van der Waals surface area contributed by atoms with Crippen LogP contribution in [0.4, 0.5) is 17.1 Å². The van der Waals surface area contributed by atoms with Gasteiger partial charge in [0.1, 0.15) is 11.4 Å². The van der Waals surface area contributed by atoms with Crippen LogP contribution in [0.25, 0.3) is 0 Å². The summed E-state index contributed by atoms with van der Waals surface area (Å²) in [6.45, 7) is 2.09. The van der Waals surface area contributed by atoms with Crippen molar-refractivity contribution in [1.29, 1.82) is 0 Å². The molecule has 2 aromatic rings. The average Bonchev–Trinajstić information content (AvgIpc) is 2.59. The highest BCUT2D eigenvalue weighted by molar-refractivity contribution is 7.99. The van der Waals surface area contributed by atoms with E-state index in [0.29, 0.717) is 11.4 Å². The molecule has 2 rings (SSSR count). The molecule has 0 radical (unpaired) electrons. The Morgan fingerprint density at radius 3 is 2.76 bits per heavy atom. The van der Waals surface area contributed by atoms with Gasteiger partial charge in [0, 0.05) is 22.7 Å². The van der Waals surface area contributed by atoms with E-state index in [1.807, 2.05) is 18.2 Å². The van der Waals surface area contributed by atoms with E-state index in [1.165, 1.54) is 6.07 Å². The first-order chi connectivity index (χ1) is 12.0. The van der Waals surface area contributed by atoms with Gasteiger partial charge in [0.2, 0.25) is 0 Å². The summed E-state index contributed by atoms with van der Waals surface area (Å²) in [5.74, 6) is 1.64. The van der Waals surface area contributed by atoms with E-state index in [2.05, 4.69) is 17.6 Å². The number of nitro benzene ring substituents is 1. The number of hydrogen-bond donors (Lipinski definition) is 2. The van der Waals surface area contributed by atoms with Crippen LogP contribution in [0.3, 0.4) is 0 Å². The quantitative estimate of drug-likeness (QED) is 0.307. The number of methoxy groups -OCH3 is 1. The van der Waals surface area contributed by atoms with Gasteiger partial charge < -0.3 is 15.4 Å². The van der Waals surface area contributed by atoms with E-state index in [-0.39, 0.29) is 10.8 Å². The second-order valence-corrected chi connectivity index (χ2v) is 6.67. The molecular weight excluding hydrogens is 358 g/mol. The van der Waals surface area contributed by atoms with Gasteiger partial charge >= 0.3 is 0 Å². The summed E-state index contributed by atoms with van der Waals surface area (Å²) in [6.07, 6.45) is 1.03. The minimum atomic E-state index is -0.426. The van der Waals surface area contributed by atoms with Crippen molar-refractivity contribution in [3.05, 3.63) is 52.6 Å². The molecule has 0 aliphatic heterocycles. The standard InChI is InChI=1S/C17H19N3O3S2/c1-3-9-25-14-7-8-16(20(21)22)15(11-14)19-17(24)18-12-5-4-6-13(10-12)23-2/h4-8,10-11H,3,9H2,1-2H3,(H2,18,19,24). The monoisotopic (exact) mass is 377 g/mol. The second kappa shape index (κ2) is 9.24. The summed E-state index contributed by atoms with van der Waals surface area (Å²) in [5.41, 5.74) is 1.08. The van der Waals surface area contributed by atoms with Crippen LogP contribution in [-0.2, 0) is 0 Å². The smallest absolute Gasteiger partial charge is 0.292 e. The van der Waals surface area contributed by atoms with Gasteiger partial charge in [0.15, 0.2) is 5.11 Å². The molecule has 0 aliphatic carbocycles. The molecule has 0 heterocycles. The van der Waals surface area contributed by atoms with Gasteiger partial charge in [-0.2, -0.15) is 0 Å². The summed E-state index contributed by atoms with van der Waals surface area (Å²) in [6, 6.07) is 12.3. The highest BCUT2D eigenvalue weighted by Gasteiger charge is 2.15. The predicted molar refractivity (Wildman–Crippen MR) is 107 cm³/mol. The van der Waals surface area contributed by atoms with E-state index < -0.39 is 4.92 Å².